The molecule has 3 heteroatoms. The van der Waals surface area contributed by atoms with Gasteiger partial charge in [0.15, 0.2) is 0 Å². The third-order valence-corrected chi connectivity index (χ3v) is 2.62. The van der Waals surface area contributed by atoms with Gasteiger partial charge in [-0.15, -0.1) is 0 Å². The van der Waals surface area contributed by atoms with Gasteiger partial charge in [-0.25, -0.2) is 0 Å². The molecule has 0 N–H and O–H groups in total. The van der Waals surface area contributed by atoms with Gasteiger partial charge in [0.1, 0.15) is 5.75 Å². The molecule has 0 aromatic heterocycles. The minimum atomic E-state index is 0.645. The summed E-state index contributed by atoms with van der Waals surface area (Å²) in [4.78, 5) is 4.34. The molecule has 2 nitrogen and oxygen atoms in total. The Morgan fingerprint density at radius 2 is 1.94 bits per heavy atom. The Balaban J connectivity index is 2.23. The standard InChI is InChI=1S/C14H12ClNO/c1-17-12-6-4-5-11(9-12)10-16-14-8-3-2-7-13(14)15/h2-10H,1H3. The number of aliphatic imine (C=N–C) groups is 1. The van der Waals surface area contributed by atoms with Crippen LogP contribution in [0.1, 0.15) is 5.56 Å². The topological polar surface area (TPSA) is 21.6 Å². The van der Waals surface area contributed by atoms with Crippen LogP contribution in [-0.2, 0) is 0 Å². The summed E-state index contributed by atoms with van der Waals surface area (Å²) in [7, 11) is 1.64. The Kier molecular flexibility index (Phi) is 3.78. The number of ether oxygens (including phenoxy) is 1. The number of hydrogen-bond donors (Lipinski definition) is 0. The lowest BCUT2D eigenvalue weighted by molar-refractivity contribution is 0.415. The Hall–Kier alpha value is -1.80. The molecule has 0 radical (unpaired) electrons. The first-order valence-corrected chi connectivity index (χ1v) is 5.60. The second kappa shape index (κ2) is 5.51. The van der Waals surface area contributed by atoms with Crippen LogP contribution in [0.25, 0.3) is 0 Å². The highest BCUT2D eigenvalue weighted by molar-refractivity contribution is 6.33. The first kappa shape index (κ1) is 11.7. The molecule has 0 unspecified atom stereocenters. The van der Waals surface area contributed by atoms with Gasteiger partial charge in [-0.3, -0.25) is 4.99 Å². The van der Waals surface area contributed by atoms with E-state index in [0.717, 1.165) is 17.0 Å². The maximum absolute atomic E-state index is 6.01. The average molecular weight is 246 g/mol. The summed E-state index contributed by atoms with van der Waals surface area (Å²) in [6.07, 6.45) is 1.77. The summed E-state index contributed by atoms with van der Waals surface area (Å²) in [5, 5.41) is 0.645. The predicted octanol–water partition coefficient (Wildman–Crippen LogP) is 4.10. The van der Waals surface area contributed by atoms with E-state index in [0.29, 0.717) is 5.02 Å². The molecular weight excluding hydrogens is 234 g/mol. The van der Waals surface area contributed by atoms with E-state index in [1.54, 1.807) is 13.3 Å². The second-order valence-corrected chi connectivity index (χ2v) is 3.89. The molecule has 0 heterocycles. The summed E-state index contributed by atoms with van der Waals surface area (Å²) >= 11 is 6.01. The number of benzene rings is 2. The number of para-hydroxylation sites is 1. The van der Waals surface area contributed by atoms with Gasteiger partial charge in [-0.2, -0.15) is 0 Å². The molecule has 2 aromatic carbocycles. The summed E-state index contributed by atoms with van der Waals surface area (Å²) < 4.78 is 5.14. The lowest BCUT2D eigenvalue weighted by atomic mass is 10.2. The molecule has 0 spiro atoms. The molecule has 0 aliphatic heterocycles. The maximum Gasteiger partial charge on any atom is 0.119 e. The lowest BCUT2D eigenvalue weighted by Gasteiger charge is -2.00. The molecule has 0 aliphatic rings. The monoisotopic (exact) mass is 245 g/mol. The van der Waals surface area contributed by atoms with E-state index in [-0.39, 0.29) is 0 Å². The third-order valence-electron chi connectivity index (χ3n) is 2.30. The van der Waals surface area contributed by atoms with Crippen molar-refractivity contribution in [3.05, 3.63) is 59.1 Å². The van der Waals surface area contributed by atoms with Crippen LogP contribution in [-0.4, -0.2) is 13.3 Å². The van der Waals surface area contributed by atoms with E-state index in [4.69, 9.17) is 16.3 Å². The molecule has 17 heavy (non-hydrogen) atoms. The van der Waals surface area contributed by atoms with Crippen LogP contribution in [0, 0.1) is 0 Å². The molecule has 2 aromatic rings. The smallest absolute Gasteiger partial charge is 0.119 e. The summed E-state index contributed by atoms with van der Waals surface area (Å²) in [6.45, 7) is 0. The van der Waals surface area contributed by atoms with E-state index in [9.17, 15) is 0 Å². The van der Waals surface area contributed by atoms with Gasteiger partial charge in [0.25, 0.3) is 0 Å². The Morgan fingerprint density at radius 3 is 2.71 bits per heavy atom. The SMILES string of the molecule is COc1cccc(C=Nc2ccccc2Cl)c1. The molecule has 2 rings (SSSR count). The largest absolute Gasteiger partial charge is 0.497 e. The van der Waals surface area contributed by atoms with Crippen molar-refractivity contribution in [2.24, 2.45) is 4.99 Å². The zero-order valence-corrected chi connectivity index (χ0v) is 10.2. The van der Waals surface area contributed by atoms with Crippen LogP contribution >= 0.6 is 11.6 Å². The summed E-state index contributed by atoms with van der Waals surface area (Å²) in [5.41, 5.74) is 1.74. The fourth-order valence-electron chi connectivity index (χ4n) is 1.42. The summed E-state index contributed by atoms with van der Waals surface area (Å²) in [5.74, 6) is 0.813. The second-order valence-electron chi connectivity index (χ2n) is 3.49. The van der Waals surface area contributed by atoms with Gasteiger partial charge in [-0.05, 0) is 29.8 Å². The number of methoxy groups -OCH3 is 1. The van der Waals surface area contributed by atoms with Crippen LogP contribution in [0.3, 0.4) is 0 Å². The minimum Gasteiger partial charge on any atom is -0.497 e. The highest BCUT2D eigenvalue weighted by Crippen LogP contribution is 2.23. The van der Waals surface area contributed by atoms with Crippen molar-refractivity contribution in [1.29, 1.82) is 0 Å². The molecule has 0 atom stereocenters. The maximum atomic E-state index is 6.01. The van der Waals surface area contributed by atoms with Crippen LogP contribution in [0.5, 0.6) is 5.75 Å². The van der Waals surface area contributed by atoms with Gasteiger partial charge in [0.05, 0.1) is 17.8 Å². The number of nitrogens with zero attached hydrogens (tertiary/aromatic N) is 1. The number of hydrogen-bond acceptors (Lipinski definition) is 2. The molecule has 0 aliphatic carbocycles. The van der Waals surface area contributed by atoms with Gasteiger partial charge < -0.3 is 4.74 Å². The molecule has 0 saturated heterocycles. The van der Waals surface area contributed by atoms with E-state index in [1.165, 1.54) is 0 Å². The van der Waals surface area contributed by atoms with Crippen LogP contribution in [0.2, 0.25) is 5.02 Å². The van der Waals surface area contributed by atoms with Gasteiger partial charge in [0.2, 0.25) is 0 Å². The lowest BCUT2D eigenvalue weighted by Crippen LogP contribution is -1.85. The van der Waals surface area contributed by atoms with Crippen molar-refractivity contribution in [3.8, 4) is 5.75 Å². The van der Waals surface area contributed by atoms with E-state index in [1.807, 2.05) is 48.5 Å². The average Bonchev–Trinajstić information content (AvgIpc) is 2.38. The number of rotatable bonds is 3. The van der Waals surface area contributed by atoms with Crippen molar-refractivity contribution in [1.82, 2.24) is 0 Å². The zero-order chi connectivity index (χ0) is 12.1. The highest BCUT2D eigenvalue weighted by Gasteiger charge is 1.95. The predicted molar refractivity (Wildman–Crippen MR) is 71.7 cm³/mol. The van der Waals surface area contributed by atoms with Crippen molar-refractivity contribution < 1.29 is 4.74 Å². The van der Waals surface area contributed by atoms with Crippen molar-refractivity contribution in [3.63, 3.8) is 0 Å². The van der Waals surface area contributed by atoms with Crippen molar-refractivity contribution in [2.45, 2.75) is 0 Å². The van der Waals surface area contributed by atoms with Gasteiger partial charge in [-0.1, -0.05) is 35.9 Å². The fraction of sp³-hybridized carbons (Fsp3) is 0.0714. The van der Waals surface area contributed by atoms with E-state index in [2.05, 4.69) is 4.99 Å². The van der Waals surface area contributed by atoms with Crippen molar-refractivity contribution in [2.75, 3.05) is 7.11 Å². The summed E-state index contributed by atoms with van der Waals surface area (Å²) in [6, 6.07) is 15.2. The fourth-order valence-corrected chi connectivity index (χ4v) is 1.61. The first-order valence-electron chi connectivity index (χ1n) is 5.22. The molecule has 0 amide bonds. The van der Waals surface area contributed by atoms with Crippen molar-refractivity contribution >= 4 is 23.5 Å². The molecular formula is C14H12ClNO. The normalized spacial score (nSPS) is 10.7. The van der Waals surface area contributed by atoms with Gasteiger partial charge >= 0.3 is 0 Å². The van der Waals surface area contributed by atoms with Crippen LogP contribution in [0.15, 0.2) is 53.5 Å². The molecule has 86 valence electrons. The first-order chi connectivity index (χ1) is 8.29. The van der Waals surface area contributed by atoms with Crippen LogP contribution in [0.4, 0.5) is 5.69 Å². The minimum absolute atomic E-state index is 0.645. The number of halogens is 1. The molecule has 0 fully saturated rings. The quantitative estimate of drug-likeness (QED) is 0.746. The Morgan fingerprint density at radius 1 is 1.12 bits per heavy atom. The van der Waals surface area contributed by atoms with Gasteiger partial charge in [0, 0.05) is 6.21 Å². The highest BCUT2D eigenvalue weighted by atomic mass is 35.5. The molecule has 0 saturated carbocycles. The Labute approximate surface area is 106 Å². The zero-order valence-electron chi connectivity index (χ0n) is 9.43. The van der Waals surface area contributed by atoms with E-state index < -0.39 is 0 Å². The Bertz CT molecular complexity index is 537. The van der Waals surface area contributed by atoms with Crippen LogP contribution < -0.4 is 4.74 Å². The molecule has 0 bridgehead atoms. The third kappa shape index (κ3) is 3.08. The van der Waals surface area contributed by atoms with E-state index >= 15 is 0 Å².